The van der Waals surface area contributed by atoms with Gasteiger partial charge in [-0.3, -0.25) is 37.3 Å². The predicted molar refractivity (Wildman–Crippen MR) is 363 cm³/mol. The highest BCUT2D eigenvalue weighted by Gasteiger charge is 2.30. The van der Waals surface area contributed by atoms with E-state index in [9.17, 15) is 43.2 Å². The molecule has 0 amide bonds. The van der Waals surface area contributed by atoms with E-state index in [1.54, 1.807) is 0 Å². The summed E-state index contributed by atoms with van der Waals surface area (Å²) in [7, 11) is -9.89. The van der Waals surface area contributed by atoms with E-state index in [4.69, 9.17) is 37.0 Å². The molecule has 0 aromatic rings. The van der Waals surface area contributed by atoms with Crippen LogP contribution >= 0.6 is 15.6 Å². The Morgan fingerprint density at radius 2 is 0.567 bits per heavy atom. The Labute approximate surface area is 549 Å². The zero-order valence-corrected chi connectivity index (χ0v) is 60.2. The molecule has 0 saturated heterocycles. The zero-order valence-electron chi connectivity index (χ0n) is 58.4. The van der Waals surface area contributed by atoms with Crippen molar-refractivity contribution in [3.05, 3.63) is 0 Å². The Morgan fingerprint density at radius 3 is 0.844 bits per heavy atom. The standard InChI is InChI=1S/C71H138O17P2/c1-7-10-12-14-16-28-37-43-49-55-70(75)87-66(59-81-68(73)53-47-41-35-17-15-13-11-8-2)61-85-89(77,78)83-57-65(72)58-84-90(79,80)86-62-67(60-82-69(74)54-48-42-36-31-27-26-30-34-40-46-52-64(6)9-3)88-71(76)56-50-44-38-32-25-23-21-19-18-20-22-24-29-33-39-45-51-63(4)5/h63-67,72H,7-62H2,1-6H3,(H,77,78)(H,79,80)/t64?,65-,66+,67+/m0/s1. The lowest BCUT2D eigenvalue weighted by molar-refractivity contribution is -0.161. The maximum atomic E-state index is 13.0. The van der Waals surface area contributed by atoms with Crippen LogP contribution in [0.25, 0.3) is 0 Å². The van der Waals surface area contributed by atoms with E-state index in [-0.39, 0.29) is 25.7 Å². The molecule has 6 atom stereocenters. The summed E-state index contributed by atoms with van der Waals surface area (Å²) >= 11 is 0. The Bertz CT molecular complexity index is 1750. The SMILES string of the molecule is CCCCCCCCCCCC(=O)O[C@H](COC(=O)CCCCCCCCCC)COP(=O)(O)OC[C@H](O)COP(=O)(O)OC[C@@H](COC(=O)CCCCCCCCCCCCC(C)CC)OC(=O)CCCCCCCCCCCCCCCCCCC(C)C. The monoisotopic (exact) mass is 1320 g/mol. The van der Waals surface area contributed by atoms with Crippen LogP contribution in [0.4, 0.5) is 0 Å². The molecule has 0 aliphatic carbocycles. The molecule has 0 aromatic carbocycles. The van der Waals surface area contributed by atoms with Crippen LogP contribution in [0.2, 0.25) is 0 Å². The van der Waals surface area contributed by atoms with Gasteiger partial charge in [-0.15, -0.1) is 0 Å². The Balaban J connectivity index is 5.19. The molecule has 0 heterocycles. The molecular formula is C71H138O17P2. The summed E-state index contributed by atoms with van der Waals surface area (Å²) in [4.78, 5) is 72.4. The summed E-state index contributed by atoms with van der Waals surface area (Å²) in [5.74, 6) is -0.508. The van der Waals surface area contributed by atoms with Crippen LogP contribution in [0, 0.1) is 11.8 Å². The molecule has 19 heteroatoms. The summed E-state index contributed by atoms with van der Waals surface area (Å²) in [5.41, 5.74) is 0. The second kappa shape index (κ2) is 63.1. The first-order chi connectivity index (χ1) is 43.4. The van der Waals surface area contributed by atoms with E-state index in [2.05, 4.69) is 41.5 Å². The number of carbonyl (C=O) groups is 4. The van der Waals surface area contributed by atoms with Gasteiger partial charge in [0.25, 0.3) is 0 Å². The second-order valence-corrected chi connectivity index (χ2v) is 29.3. The number of phosphoric acid groups is 2. The van der Waals surface area contributed by atoms with Crippen molar-refractivity contribution >= 4 is 39.5 Å². The number of rotatable bonds is 70. The largest absolute Gasteiger partial charge is 0.472 e. The lowest BCUT2D eigenvalue weighted by atomic mass is 9.99. The number of unbranched alkanes of at least 4 members (excludes halogenated alkanes) is 39. The third-order valence-electron chi connectivity index (χ3n) is 16.8. The zero-order chi connectivity index (χ0) is 66.5. The van der Waals surface area contributed by atoms with Crippen molar-refractivity contribution in [2.75, 3.05) is 39.6 Å². The van der Waals surface area contributed by atoms with E-state index in [1.807, 2.05) is 0 Å². The van der Waals surface area contributed by atoms with Gasteiger partial charge in [0, 0.05) is 25.7 Å². The van der Waals surface area contributed by atoms with Gasteiger partial charge in [0.15, 0.2) is 12.2 Å². The minimum atomic E-state index is -4.95. The molecule has 0 rings (SSSR count). The van der Waals surface area contributed by atoms with Gasteiger partial charge in [-0.05, 0) is 37.5 Å². The third-order valence-corrected chi connectivity index (χ3v) is 18.7. The van der Waals surface area contributed by atoms with Gasteiger partial charge in [0.2, 0.25) is 0 Å². The topological polar surface area (TPSA) is 237 Å². The first-order valence-corrected chi connectivity index (χ1v) is 40.0. The molecule has 3 unspecified atom stereocenters. The molecule has 0 aliphatic heterocycles. The van der Waals surface area contributed by atoms with E-state index in [1.165, 1.54) is 173 Å². The van der Waals surface area contributed by atoms with Gasteiger partial charge in [0.1, 0.15) is 19.3 Å². The first-order valence-electron chi connectivity index (χ1n) is 37.0. The van der Waals surface area contributed by atoms with Crippen LogP contribution in [0.3, 0.4) is 0 Å². The minimum Gasteiger partial charge on any atom is -0.462 e. The molecule has 90 heavy (non-hydrogen) atoms. The van der Waals surface area contributed by atoms with Gasteiger partial charge in [0.05, 0.1) is 26.4 Å². The van der Waals surface area contributed by atoms with Crippen molar-refractivity contribution in [2.45, 2.75) is 381 Å². The maximum Gasteiger partial charge on any atom is 0.472 e. The van der Waals surface area contributed by atoms with Gasteiger partial charge in [-0.2, -0.15) is 0 Å². The van der Waals surface area contributed by atoms with Gasteiger partial charge < -0.3 is 33.8 Å². The minimum absolute atomic E-state index is 0.106. The van der Waals surface area contributed by atoms with Crippen molar-refractivity contribution in [2.24, 2.45) is 11.8 Å². The summed E-state index contributed by atoms with van der Waals surface area (Å²) in [6.07, 6.45) is 48.6. The van der Waals surface area contributed by atoms with Gasteiger partial charge in [-0.1, -0.05) is 311 Å². The highest BCUT2D eigenvalue weighted by Crippen LogP contribution is 2.45. The summed E-state index contributed by atoms with van der Waals surface area (Å²) in [6, 6.07) is 0. The van der Waals surface area contributed by atoms with E-state index < -0.39 is 97.5 Å². The summed E-state index contributed by atoms with van der Waals surface area (Å²) < 4.78 is 68.2. The lowest BCUT2D eigenvalue weighted by Crippen LogP contribution is -2.30. The van der Waals surface area contributed by atoms with Crippen molar-refractivity contribution in [1.82, 2.24) is 0 Å². The van der Waals surface area contributed by atoms with Crippen LogP contribution in [0.15, 0.2) is 0 Å². The predicted octanol–water partition coefficient (Wildman–Crippen LogP) is 20.4. The maximum absolute atomic E-state index is 13.0. The number of esters is 4. The van der Waals surface area contributed by atoms with Crippen LogP contribution < -0.4 is 0 Å². The van der Waals surface area contributed by atoms with E-state index >= 15 is 0 Å². The molecule has 0 aromatic heterocycles. The van der Waals surface area contributed by atoms with Crippen LogP contribution in [0.1, 0.15) is 363 Å². The number of hydrogen-bond donors (Lipinski definition) is 3. The van der Waals surface area contributed by atoms with Crippen molar-refractivity contribution in [1.29, 1.82) is 0 Å². The molecule has 17 nitrogen and oxygen atoms in total. The molecule has 3 N–H and O–H groups in total. The second-order valence-electron chi connectivity index (χ2n) is 26.3. The average Bonchev–Trinajstić information content (AvgIpc) is 3.56. The summed E-state index contributed by atoms with van der Waals surface area (Å²) in [6.45, 7) is 9.57. The molecule has 0 saturated carbocycles. The highest BCUT2D eigenvalue weighted by molar-refractivity contribution is 7.47. The van der Waals surface area contributed by atoms with Gasteiger partial charge >= 0.3 is 39.5 Å². The number of hydrogen-bond acceptors (Lipinski definition) is 15. The fraction of sp³-hybridized carbons (Fsp3) is 0.944. The lowest BCUT2D eigenvalue weighted by Gasteiger charge is -2.21. The van der Waals surface area contributed by atoms with Crippen LogP contribution in [0.5, 0.6) is 0 Å². The fourth-order valence-electron chi connectivity index (χ4n) is 10.7. The molecule has 534 valence electrons. The van der Waals surface area contributed by atoms with Crippen molar-refractivity contribution in [3.63, 3.8) is 0 Å². The molecule has 0 spiro atoms. The Morgan fingerprint density at radius 1 is 0.322 bits per heavy atom. The molecule has 0 radical (unpaired) electrons. The Kier molecular flexibility index (Phi) is 61.8. The Hall–Kier alpha value is -1.94. The molecule has 0 bridgehead atoms. The number of carbonyl (C=O) groups excluding carboxylic acids is 4. The van der Waals surface area contributed by atoms with E-state index in [0.717, 1.165) is 108 Å². The number of aliphatic hydroxyl groups excluding tert-OH is 1. The quantitative estimate of drug-likeness (QED) is 0.0222. The smallest absolute Gasteiger partial charge is 0.462 e. The number of aliphatic hydroxyl groups is 1. The average molecular weight is 1330 g/mol. The molecule has 0 fully saturated rings. The van der Waals surface area contributed by atoms with Crippen molar-refractivity contribution < 1.29 is 80.2 Å². The van der Waals surface area contributed by atoms with Crippen molar-refractivity contribution in [3.8, 4) is 0 Å². The highest BCUT2D eigenvalue weighted by atomic mass is 31.2. The van der Waals surface area contributed by atoms with Crippen LogP contribution in [-0.4, -0.2) is 96.7 Å². The van der Waals surface area contributed by atoms with E-state index in [0.29, 0.717) is 25.7 Å². The molecule has 0 aliphatic rings. The van der Waals surface area contributed by atoms with Gasteiger partial charge in [-0.25, -0.2) is 9.13 Å². The van der Waals surface area contributed by atoms with Crippen LogP contribution in [-0.2, 0) is 65.4 Å². The molecular weight excluding hydrogens is 1190 g/mol. The first kappa shape index (κ1) is 88.1. The summed E-state index contributed by atoms with van der Waals surface area (Å²) in [5, 5.41) is 10.6. The fourth-order valence-corrected chi connectivity index (χ4v) is 12.3. The normalized spacial score (nSPS) is 14.4. The third kappa shape index (κ3) is 63.5. The number of phosphoric ester groups is 2. The number of ether oxygens (including phenoxy) is 4.